The molecule has 1 aliphatic heterocycles. The predicted octanol–water partition coefficient (Wildman–Crippen LogP) is 0.272. The van der Waals surface area contributed by atoms with Gasteiger partial charge in [-0.15, -0.1) is 0 Å². The minimum Gasteiger partial charge on any atom is -0.450 e. The molecule has 1 fully saturated rings. The fourth-order valence-corrected chi connectivity index (χ4v) is 1.43. The van der Waals surface area contributed by atoms with Crippen LogP contribution in [-0.4, -0.2) is 42.7 Å². The van der Waals surface area contributed by atoms with E-state index in [-0.39, 0.29) is 12.6 Å². The number of carbonyl (C=O) groups is 1. The zero-order chi connectivity index (χ0) is 10.6. The van der Waals surface area contributed by atoms with Crippen molar-refractivity contribution < 1.29 is 19.4 Å². The van der Waals surface area contributed by atoms with Gasteiger partial charge in [0, 0.05) is 6.61 Å². The van der Waals surface area contributed by atoms with Gasteiger partial charge in [-0.2, -0.15) is 0 Å². The molecule has 14 heavy (non-hydrogen) atoms. The number of hydrogen-bond acceptors (Lipinski definition) is 4. The van der Waals surface area contributed by atoms with Crippen molar-refractivity contribution in [3.63, 3.8) is 0 Å². The van der Waals surface area contributed by atoms with Gasteiger partial charge in [-0.25, -0.2) is 4.79 Å². The predicted molar refractivity (Wildman–Crippen MR) is 50.0 cm³/mol. The normalized spacial score (nSPS) is 32.4. The van der Waals surface area contributed by atoms with Crippen LogP contribution >= 0.6 is 0 Å². The molecule has 1 aliphatic rings. The van der Waals surface area contributed by atoms with Crippen molar-refractivity contribution in [1.82, 2.24) is 5.32 Å². The molecular weight excluding hydrogens is 186 g/mol. The second-order valence-electron chi connectivity index (χ2n) is 3.62. The number of aliphatic hydroxyl groups is 1. The number of hydrogen-bond donors (Lipinski definition) is 2. The Bertz CT molecular complexity index is 205. The molecule has 0 aromatic rings. The highest BCUT2D eigenvalue weighted by Gasteiger charge is 2.36. The van der Waals surface area contributed by atoms with Crippen LogP contribution in [0.15, 0.2) is 0 Å². The molecule has 2 N–H and O–H groups in total. The van der Waals surface area contributed by atoms with E-state index in [9.17, 15) is 9.90 Å². The third kappa shape index (κ3) is 2.85. The van der Waals surface area contributed by atoms with Crippen molar-refractivity contribution in [3.8, 4) is 0 Å². The lowest BCUT2D eigenvalue weighted by atomic mass is 9.93. The van der Waals surface area contributed by atoms with Crippen molar-refractivity contribution in [3.05, 3.63) is 0 Å². The van der Waals surface area contributed by atoms with Crippen LogP contribution in [0.5, 0.6) is 0 Å². The molecular formula is C9H17NO4. The molecule has 0 unspecified atom stereocenters. The Hall–Kier alpha value is -0.810. The highest BCUT2D eigenvalue weighted by molar-refractivity contribution is 5.67. The summed E-state index contributed by atoms with van der Waals surface area (Å²) in [6.45, 7) is 4.50. The first kappa shape index (κ1) is 11.3. The largest absolute Gasteiger partial charge is 0.450 e. The molecule has 1 heterocycles. The van der Waals surface area contributed by atoms with E-state index >= 15 is 0 Å². The second-order valence-corrected chi connectivity index (χ2v) is 3.62. The van der Waals surface area contributed by atoms with Crippen LogP contribution in [0.25, 0.3) is 0 Å². The van der Waals surface area contributed by atoms with Crippen LogP contribution < -0.4 is 5.32 Å². The van der Waals surface area contributed by atoms with Gasteiger partial charge in [0.05, 0.1) is 19.3 Å². The van der Waals surface area contributed by atoms with Crippen molar-refractivity contribution in [2.75, 3.05) is 19.8 Å². The first-order valence-electron chi connectivity index (χ1n) is 4.79. The van der Waals surface area contributed by atoms with Gasteiger partial charge in [0.25, 0.3) is 0 Å². The zero-order valence-corrected chi connectivity index (χ0v) is 8.58. The molecule has 1 amide bonds. The molecule has 0 aliphatic carbocycles. The molecule has 5 heteroatoms. The zero-order valence-electron chi connectivity index (χ0n) is 8.58. The van der Waals surface area contributed by atoms with Gasteiger partial charge in [-0.05, 0) is 20.3 Å². The molecule has 5 nitrogen and oxygen atoms in total. The van der Waals surface area contributed by atoms with Crippen molar-refractivity contribution in [1.29, 1.82) is 0 Å². The number of carbonyl (C=O) groups excluding carboxylic acids is 1. The van der Waals surface area contributed by atoms with E-state index in [0.29, 0.717) is 19.6 Å². The fraction of sp³-hybridized carbons (Fsp3) is 0.889. The van der Waals surface area contributed by atoms with Crippen LogP contribution in [0, 0.1) is 0 Å². The second kappa shape index (κ2) is 4.61. The summed E-state index contributed by atoms with van der Waals surface area (Å²) in [7, 11) is 0. The molecule has 0 aromatic carbocycles. The van der Waals surface area contributed by atoms with E-state index in [0.717, 1.165) is 0 Å². The maximum atomic E-state index is 11.1. The van der Waals surface area contributed by atoms with Crippen LogP contribution in [0.3, 0.4) is 0 Å². The first-order valence-corrected chi connectivity index (χ1v) is 4.79. The van der Waals surface area contributed by atoms with Gasteiger partial charge >= 0.3 is 6.09 Å². The third-order valence-electron chi connectivity index (χ3n) is 2.26. The van der Waals surface area contributed by atoms with Gasteiger partial charge in [0.2, 0.25) is 0 Å². The number of nitrogens with one attached hydrogen (secondary N) is 1. The molecule has 2 atom stereocenters. The van der Waals surface area contributed by atoms with E-state index < -0.39 is 11.7 Å². The van der Waals surface area contributed by atoms with Crippen molar-refractivity contribution >= 4 is 6.09 Å². The lowest BCUT2D eigenvalue weighted by Gasteiger charge is -2.36. The average molecular weight is 203 g/mol. The fourth-order valence-electron chi connectivity index (χ4n) is 1.43. The Morgan fingerprint density at radius 1 is 1.79 bits per heavy atom. The highest BCUT2D eigenvalue weighted by atomic mass is 16.5. The summed E-state index contributed by atoms with van der Waals surface area (Å²) in [6, 6.07) is -0.296. The van der Waals surface area contributed by atoms with Gasteiger partial charge < -0.3 is 19.9 Å². The number of rotatable bonds is 2. The molecule has 1 saturated heterocycles. The molecule has 0 bridgehead atoms. The standard InChI is InChI=1S/C9H17NO4/c1-3-14-8(11)10-7-4-5-13-6-9(7,2)12/h7,12H,3-6H2,1-2H3,(H,10,11)/t7-,9+/m1/s1. The van der Waals surface area contributed by atoms with Gasteiger partial charge in [-0.3, -0.25) is 0 Å². The molecule has 82 valence electrons. The van der Waals surface area contributed by atoms with Crippen LogP contribution in [-0.2, 0) is 9.47 Å². The van der Waals surface area contributed by atoms with Crippen LogP contribution in [0.2, 0.25) is 0 Å². The summed E-state index contributed by atoms with van der Waals surface area (Å²) in [4.78, 5) is 11.1. The van der Waals surface area contributed by atoms with E-state index in [2.05, 4.69) is 5.32 Å². The lowest BCUT2D eigenvalue weighted by molar-refractivity contribution is -0.0939. The Morgan fingerprint density at radius 2 is 2.50 bits per heavy atom. The first-order chi connectivity index (χ1) is 6.56. The van der Waals surface area contributed by atoms with Gasteiger partial charge in [-0.1, -0.05) is 0 Å². The van der Waals surface area contributed by atoms with Crippen LogP contribution in [0.1, 0.15) is 20.3 Å². The summed E-state index contributed by atoms with van der Waals surface area (Å²) in [6.07, 6.45) is 0.117. The monoisotopic (exact) mass is 203 g/mol. The van der Waals surface area contributed by atoms with E-state index in [1.165, 1.54) is 0 Å². The average Bonchev–Trinajstić information content (AvgIpc) is 2.09. The number of ether oxygens (including phenoxy) is 2. The van der Waals surface area contributed by atoms with Gasteiger partial charge in [0.15, 0.2) is 0 Å². The highest BCUT2D eigenvalue weighted by Crippen LogP contribution is 2.18. The quantitative estimate of drug-likeness (QED) is 0.676. The SMILES string of the molecule is CCOC(=O)N[C@@H]1CCOC[C@]1(C)O. The Balaban J connectivity index is 2.45. The number of amides is 1. The Kier molecular flexibility index (Phi) is 3.71. The number of alkyl carbamates (subject to hydrolysis) is 1. The molecule has 0 spiro atoms. The summed E-state index contributed by atoms with van der Waals surface area (Å²) < 4.78 is 9.85. The maximum Gasteiger partial charge on any atom is 0.407 e. The minimum atomic E-state index is -1.01. The molecule has 1 rings (SSSR count). The van der Waals surface area contributed by atoms with Gasteiger partial charge in [0.1, 0.15) is 5.60 Å². The Labute approximate surface area is 83.4 Å². The van der Waals surface area contributed by atoms with E-state index in [1.807, 2.05) is 0 Å². The maximum absolute atomic E-state index is 11.1. The molecule has 0 aromatic heterocycles. The summed E-state index contributed by atoms with van der Waals surface area (Å²) in [5.74, 6) is 0. The van der Waals surface area contributed by atoms with E-state index in [1.54, 1.807) is 13.8 Å². The van der Waals surface area contributed by atoms with Crippen molar-refractivity contribution in [2.24, 2.45) is 0 Å². The lowest BCUT2D eigenvalue weighted by Crippen LogP contribution is -2.56. The summed E-state index contributed by atoms with van der Waals surface area (Å²) in [5, 5.41) is 12.5. The van der Waals surface area contributed by atoms with Crippen LogP contribution in [0.4, 0.5) is 4.79 Å². The molecule has 0 saturated carbocycles. The smallest absolute Gasteiger partial charge is 0.407 e. The molecule has 0 radical (unpaired) electrons. The summed E-state index contributed by atoms with van der Waals surface area (Å²) in [5.41, 5.74) is -1.01. The summed E-state index contributed by atoms with van der Waals surface area (Å²) >= 11 is 0. The van der Waals surface area contributed by atoms with Crippen molar-refractivity contribution in [2.45, 2.75) is 31.9 Å². The minimum absolute atomic E-state index is 0.240. The third-order valence-corrected chi connectivity index (χ3v) is 2.26. The Morgan fingerprint density at radius 3 is 3.07 bits per heavy atom. The van der Waals surface area contributed by atoms with E-state index in [4.69, 9.17) is 9.47 Å². The topological polar surface area (TPSA) is 67.8 Å².